The van der Waals surface area contributed by atoms with Crippen LogP contribution >= 0.6 is 0 Å². The summed E-state index contributed by atoms with van der Waals surface area (Å²) in [4.78, 5) is 38.0. The predicted molar refractivity (Wildman–Crippen MR) is 111 cm³/mol. The van der Waals surface area contributed by atoms with Crippen molar-refractivity contribution in [2.75, 3.05) is 17.3 Å². The van der Waals surface area contributed by atoms with Gasteiger partial charge in [0, 0.05) is 12.6 Å². The molecule has 0 bridgehead atoms. The zero-order chi connectivity index (χ0) is 21.3. The van der Waals surface area contributed by atoms with Crippen LogP contribution in [0.5, 0.6) is 17.2 Å². The summed E-state index contributed by atoms with van der Waals surface area (Å²) in [6.45, 7) is 1.43. The van der Waals surface area contributed by atoms with Gasteiger partial charge in [0.15, 0.2) is 0 Å². The molecule has 0 fully saturated rings. The van der Waals surface area contributed by atoms with E-state index in [0.717, 1.165) is 4.90 Å². The molecular weight excluding hydrogens is 384 g/mol. The Labute approximate surface area is 172 Å². The summed E-state index contributed by atoms with van der Waals surface area (Å²) < 4.78 is 11.1. The van der Waals surface area contributed by atoms with Gasteiger partial charge in [-0.15, -0.1) is 0 Å². The van der Waals surface area contributed by atoms with Crippen molar-refractivity contribution in [3.05, 3.63) is 77.9 Å². The molecule has 0 spiro atoms. The minimum atomic E-state index is -0.439. The smallest absolute Gasteiger partial charge is 0.266 e. The molecule has 0 saturated carbocycles. The van der Waals surface area contributed by atoms with Crippen LogP contribution in [0.1, 0.15) is 27.6 Å². The first-order chi connectivity index (χ1) is 14.5. The largest absolute Gasteiger partial charge is 0.495 e. The van der Waals surface area contributed by atoms with Crippen LogP contribution in [0.3, 0.4) is 0 Å². The van der Waals surface area contributed by atoms with Crippen molar-refractivity contribution in [1.29, 1.82) is 0 Å². The van der Waals surface area contributed by atoms with E-state index < -0.39 is 11.8 Å². The fourth-order valence-corrected chi connectivity index (χ4v) is 3.26. The maximum Gasteiger partial charge on any atom is 0.266 e. The van der Waals surface area contributed by atoms with Gasteiger partial charge in [-0.25, -0.2) is 4.90 Å². The number of carbonyl (C=O) groups excluding carboxylic acids is 3. The lowest BCUT2D eigenvalue weighted by Gasteiger charge is -2.16. The van der Waals surface area contributed by atoms with Gasteiger partial charge in [-0.2, -0.15) is 0 Å². The molecule has 1 aliphatic rings. The molecule has 0 unspecified atom stereocenters. The van der Waals surface area contributed by atoms with Gasteiger partial charge < -0.3 is 14.8 Å². The molecule has 3 amide bonds. The van der Waals surface area contributed by atoms with Crippen LogP contribution < -0.4 is 19.7 Å². The van der Waals surface area contributed by atoms with Gasteiger partial charge in [0.1, 0.15) is 17.2 Å². The zero-order valence-corrected chi connectivity index (χ0v) is 16.3. The number of rotatable bonds is 5. The van der Waals surface area contributed by atoms with E-state index in [4.69, 9.17) is 9.47 Å². The molecule has 1 aliphatic heterocycles. The van der Waals surface area contributed by atoms with E-state index in [1.54, 1.807) is 66.7 Å². The summed E-state index contributed by atoms with van der Waals surface area (Å²) in [6, 6.07) is 18.4. The van der Waals surface area contributed by atoms with Crippen molar-refractivity contribution in [3.63, 3.8) is 0 Å². The first-order valence-electron chi connectivity index (χ1n) is 9.19. The third kappa shape index (κ3) is 3.48. The van der Waals surface area contributed by atoms with Gasteiger partial charge in [-0.3, -0.25) is 14.4 Å². The molecule has 7 nitrogen and oxygen atoms in total. The van der Waals surface area contributed by atoms with Gasteiger partial charge in [0.25, 0.3) is 11.8 Å². The topological polar surface area (TPSA) is 84.9 Å². The Morgan fingerprint density at radius 2 is 1.53 bits per heavy atom. The van der Waals surface area contributed by atoms with Crippen LogP contribution in [0.15, 0.2) is 66.7 Å². The first kappa shape index (κ1) is 19.2. The van der Waals surface area contributed by atoms with E-state index in [-0.39, 0.29) is 11.5 Å². The number of nitrogens with one attached hydrogen (secondary N) is 1. The highest BCUT2D eigenvalue weighted by atomic mass is 16.5. The lowest BCUT2D eigenvalue weighted by molar-refractivity contribution is -0.114. The molecule has 3 aromatic carbocycles. The summed E-state index contributed by atoms with van der Waals surface area (Å²) >= 11 is 0. The second-order valence-corrected chi connectivity index (χ2v) is 6.63. The van der Waals surface area contributed by atoms with Crippen molar-refractivity contribution in [2.45, 2.75) is 6.92 Å². The Morgan fingerprint density at radius 1 is 0.867 bits per heavy atom. The second-order valence-electron chi connectivity index (χ2n) is 6.63. The third-order valence-electron chi connectivity index (χ3n) is 4.59. The number of nitrogens with zero attached hydrogens (tertiary/aromatic N) is 1. The summed E-state index contributed by atoms with van der Waals surface area (Å²) in [7, 11) is 1.49. The average Bonchev–Trinajstić information content (AvgIpc) is 2.99. The van der Waals surface area contributed by atoms with Crippen LogP contribution in [0.25, 0.3) is 0 Å². The number of benzene rings is 3. The van der Waals surface area contributed by atoms with Crippen molar-refractivity contribution in [3.8, 4) is 17.2 Å². The number of hydrogen-bond acceptors (Lipinski definition) is 5. The molecular formula is C23H18N2O5. The van der Waals surface area contributed by atoms with E-state index in [2.05, 4.69) is 5.32 Å². The number of hydrogen-bond donors (Lipinski definition) is 1. The normalized spacial score (nSPS) is 12.5. The molecule has 1 heterocycles. The maximum atomic E-state index is 13.0. The van der Waals surface area contributed by atoms with Gasteiger partial charge in [-0.05, 0) is 54.6 Å². The molecule has 3 aromatic rings. The number of methoxy groups -OCH3 is 1. The second kappa shape index (κ2) is 7.71. The quantitative estimate of drug-likeness (QED) is 0.645. The Bertz CT molecular complexity index is 1150. The standard InChI is InChI=1S/C23H18N2O5/c1-14(26)24-15-7-9-16(10-8-15)30-17-11-12-18-19(13-17)23(28)25(22(18)27)20-5-3-4-6-21(20)29-2/h3-13H,1-2H3,(H,24,26). The summed E-state index contributed by atoms with van der Waals surface area (Å²) in [5, 5.41) is 2.68. The molecule has 0 radical (unpaired) electrons. The number of carbonyl (C=O) groups is 3. The maximum absolute atomic E-state index is 13.0. The van der Waals surface area contributed by atoms with Gasteiger partial charge in [-0.1, -0.05) is 12.1 Å². The third-order valence-corrected chi connectivity index (χ3v) is 4.59. The minimum Gasteiger partial charge on any atom is -0.495 e. The van der Waals surface area contributed by atoms with E-state index in [9.17, 15) is 14.4 Å². The number of anilines is 2. The summed E-state index contributed by atoms with van der Waals surface area (Å²) in [6.07, 6.45) is 0. The number of para-hydroxylation sites is 2. The number of amides is 3. The molecule has 0 atom stereocenters. The van der Waals surface area contributed by atoms with E-state index >= 15 is 0 Å². The van der Waals surface area contributed by atoms with Crippen molar-refractivity contribution < 1.29 is 23.9 Å². The van der Waals surface area contributed by atoms with E-state index in [0.29, 0.717) is 34.2 Å². The first-order valence-corrected chi connectivity index (χ1v) is 9.19. The van der Waals surface area contributed by atoms with Crippen molar-refractivity contribution >= 4 is 29.1 Å². The van der Waals surface area contributed by atoms with Crippen LogP contribution in [-0.4, -0.2) is 24.8 Å². The molecule has 1 N–H and O–H groups in total. The van der Waals surface area contributed by atoms with E-state index in [1.807, 2.05) is 0 Å². The predicted octanol–water partition coefficient (Wildman–Crippen LogP) is 4.25. The minimum absolute atomic E-state index is 0.162. The highest BCUT2D eigenvalue weighted by Crippen LogP contribution is 2.36. The Balaban J connectivity index is 1.60. The molecule has 30 heavy (non-hydrogen) atoms. The lowest BCUT2D eigenvalue weighted by atomic mass is 10.1. The highest BCUT2D eigenvalue weighted by molar-refractivity contribution is 6.35. The average molecular weight is 402 g/mol. The fraction of sp³-hybridized carbons (Fsp3) is 0.0870. The molecule has 0 saturated heterocycles. The Hall–Kier alpha value is -4.13. The Morgan fingerprint density at radius 3 is 2.23 bits per heavy atom. The highest BCUT2D eigenvalue weighted by Gasteiger charge is 2.38. The van der Waals surface area contributed by atoms with Crippen molar-refractivity contribution in [2.24, 2.45) is 0 Å². The van der Waals surface area contributed by atoms with Crippen molar-refractivity contribution in [1.82, 2.24) is 0 Å². The Kier molecular flexibility index (Phi) is 4.93. The van der Waals surface area contributed by atoms with Crippen LogP contribution in [-0.2, 0) is 4.79 Å². The molecule has 0 aromatic heterocycles. The van der Waals surface area contributed by atoms with Gasteiger partial charge >= 0.3 is 0 Å². The van der Waals surface area contributed by atoms with Gasteiger partial charge in [0.2, 0.25) is 5.91 Å². The van der Waals surface area contributed by atoms with Crippen LogP contribution in [0.4, 0.5) is 11.4 Å². The van der Waals surface area contributed by atoms with Gasteiger partial charge in [0.05, 0.1) is 23.9 Å². The lowest BCUT2D eigenvalue weighted by Crippen LogP contribution is -2.29. The molecule has 7 heteroatoms. The number of imide groups is 1. The monoisotopic (exact) mass is 402 g/mol. The summed E-state index contributed by atoms with van der Waals surface area (Å²) in [5.74, 6) is 0.371. The SMILES string of the molecule is COc1ccccc1N1C(=O)c2ccc(Oc3ccc(NC(C)=O)cc3)cc2C1=O. The molecule has 4 rings (SSSR count). The van der Waals surface area contributed by atoms with E-state index in [1.165, 1.54) is 14.0 Å². The number of fused-ring (bicyclic) bond motifs is 1. The number of ether oxygens (including phenoxy) is 2. The van der Waals surface area contributed by atoms with Crippen LogP contribution in [0.2, 0.25) is 0 Å². The molecule has 0 aliphatic carbocycles. The summed E-state index contributed by atoms with van der Waals surface area (Å²) in [5.41, 5.74) is 1.61. The zero-order valence-electron chi connectivity index (χ0n) is 16.3. The fourth-order valence-electron chi connectivity index (χ4n) is 3.26. The molecule has 150 valence electrons. The van der Waals surface area contributed by atoms with Crippen LogP contribution in [0, 0.1) is 0 Å².